The number of amides is 1. The van der Waals surface area contributed by atoms with Crippen molar-refractivity contribution in [2.75, 3.05) is 5.75 Å². The molecule has 0 N–H and O–H groups in total. The van der Waals surface area contributed by atoms with E-state index in [0.717, 1.165) is 35.9 Å². The Balaban J connectivity index is 1.85. The molecule has 1 unspecified atom stereocenters. The molecule has 2 fully saturated rings. The number of rotatable bonds is 3. The fourth-order valence-corrected chi connectivity index (χ4v) is 4.01. The average molecular weight is 323 g/mol. The summed E-state index contributed by atoms with van der Waals surface area (Å²) in [6, 6.07) is 7.73. The lowest BCUT2D eigenvalue weighted by atomic mass is 9.84. The number of aliphatic imine (C=N–C) groups is 1. The third-order valence-corrected chi connectivity index (χ3v) is 5.54. The van der Waals surface area contributed by atoms with Gasteiger partial charge in [-0.3, -0.25) is 9.69 Å². The topological polar surface area (TPSA) is 32.7 Å². The average Bonchev–Trinajstić information content (AvgIpc) is 2.82. The second-order valence-electron chi connectivity index (χ2n) is 5.58. The lowest BCUT2D eigenvalue weighted by molar-refractivity contribution is -0.135. The van der Waals surface area contributed by atoms with E-state index >= 15 is 0 Å². The minimum Gasteiger partial charge on any atom is -0.287 e. The first-order chi connectivity index (χ1) is 10.2. The Bertz CT molecular complexity index is 554. The summed E-state index contributed by atoms with van der Waals surface area (Å²) in [4.78, 5) is 19.3. The zero-order valence-electron chi connectivity index (χ0n) is 12.1. The molecule has 0 spiro atoms. The molecule has 0 aromatic heterocycles. The Morgan fingerprint density at radius 2 is 2.10 bits per heavy atom. The van der Waals surface area contributed by atoms with Gasteiger partial charge in [-0.15, -0.1) is 0 Å². The molecule has 21 heavy (non-hydrogen) atoms. The molecule has 112 valence electrons. The van der Waals surface area contributed by atoms with Gasteiger partial charge in [-0.2, -0.15) is 0 Å². The molecule has 1 aromatic rings. The van der Waals surface area contributed by atoms with Crippen LogP contribution in [0.2, 0.25) is 5.02 Å². The van der Waals surface area contributed by atoms with Gasteiger partial charge in [-0.25, -0.2) is 4.99 Å². The summed E-state index contributed by atoms with van der Waals surface area (Å²) in [5.74, 6) is 1.43. The molecular formula is C16H19ClN2OS. The second kappa shape index (κ2) is 6.41. The van der Waals surface area contributed by atoms with Crippen LogP contribution in [0.4, 0.5) is 5.69 Å². The molecule has 2 aliphatic rings. The summed E-state index contributed by atoms with van der Waals surface area (Å²) in [7, 11) is 0. The predicted octanol–water partition coefficient (Wildman–Crippen LogP) is 4.48. The highest BCUT2D eigenvalue weighted by molar-refractivity contribution is 8.14. The van der Waals surface area contributed by atoms with Crippen LogP contribution in [0.15, 0.2) is 29.3 Å². The molecule has 1 saturated carbocycles. The van der Waals surface area contributed by atoms with Crippen molar-refractivity contribution in [2.45, 2.75) is 38.6 Å². The fraction of sp³-hybridized carbons (Fsp3) is 0.500. The Morgan fingerprint density at radius 1 is 1.38 bits per heavy atom. The summed E-state index contributed by atoms with van der Waals surface area (Å²) in [6.07, 6.45) is 4.22. The predicted molar refractivity (Wildman–Crippen MR) is 89.3 cm³/mol. The summed E-state index contributed by atoms with van der Waals surface area (Å²) in [6.45, 7) is 2.14. The Morgan fingerprint density at radius 3 is 2.67 bits per heavy atom. The zero-order valence-corrected chi connectivity index (χ0v) is 13.7. The van der Waals surface area contributed by atoms with E-state index in [0.29, 0.717) is 5.02 Å². The molecule has 3 nitrogen and oxygen atoms in total. The highest BCUT2D eigenvalue weighted by atomic mass is 35.5. The summed E-state index contributed by atoms with van der Waals surface area (Å²) < 4.78 is 0. The SMILES string of the molecule is CCC1CSC(=Nc2ccc(Cl)cc2)N1C(=O)C1CCC1. The number of amidine groups is 1. The Hall–Kier alpha value is -1.00. The van der Waals surface area contributed by atoms with Crippen molar-refractivity contribution < 1.29 is 4.79 Å². The molecule has 1 atom stereocenters. The molecule has 1 saturated heterocycles. The molecular weight excluding hydrogens is 304 g/mol. The van der Waals surface area contributed by atoms with Gasteiger partial charge in [0.25, 0.3) is 0 Å². The van der Waals surface area contributed by atoms with E-state index in [9.17, 15) is 4.79 Å². The van der Waals surface area contributed by atoms with E-state index < -0.39 is 0 Å². The number of thioether (sulfide) groups is 1. The standard InChI is InChI=1S/C16H19ClN2OS/c1-2-14-10-21-16(18-13-8-6-12(17)7-9-13)19(14)15(20)11-4-3-5-11/h6-9,11,14H,2-5,10H2,1H3. The summed E-state index contributed by atoms with van der Waals surface area (Å²) in [5.41, 5.74) is 0.852. The van der Waals surface area contributed by atoms with E-state index in [-0.39, 0.29) is 17.9 Å². The van der Waals surface area contributed by atoms with Crippen LogP contribution >= 0.6 is 23.4 Å². The first kappa shape index (κ1) is 14.9. The van der Waals surface area contributed by atoms with Crippen LogP contribution < -0.4 is 0 Å². The minimum absolute atomic E-state index is 0.216. The summed E-state index contributed by atoms with van der Waals surface area (Å²) in [5, 5.41) is 1.55. The zero-order chi connectivity index (χ0) is 14.8. The Kier molecular flexibility index (Phi) is 4.55. The summed E-state index contributed by atoms with van der Waals surface area (Å²) >= 11 is 7.59. The molecule has 0 bridgehead atoms. The maximum atomic E-state index is 12.7. The van der Waals surface area contributed by atoms with Crippen LogP contribution in [0, 0.1) is 5.92 Å². The first-order valence-electron chi connectivity index (χ1n) is 7.49. The van der Waals surface area contributed by atoms with Gasteiger partial charge in [0.2, 0.25) is 5.91 Å². The third kappa shape index (κ3) is 3.11. The maximum Gasteiger partial charge on any atom is 0.231 e. The van der Waals surface area contributed by atoms with Crippen LogP contribution in [0.5, 0.6) is 0 Å². The van der Waals surface area contributed by atoms with E-state index in [2.05, 4.69) is 11.9 Å². The number of halogens is 1. The molecule has 1 heterocycles. The van der Waals surface area contributed by atoms with Gasteiger partial charge >= 0.3 is 0 Å². The van der Waals surface area contributed by atoms with E-state index in [1.54, 1.807) is 11.8 Å². The molecule has 1 aliphatic heterocycles. The van der Waals surface area contributed by atoms with Gasteiger partial charge in [0.15, 0.2) is 5.17 Å². The molecule has 5 heteroatoms. The van der Waals surface area contributed by atoms with Crippen LogP contribution in [0.25, 0.3) is 0 Å². The minimum atomic E-state index is 0.216. The normalized spacial score (nSPS) is 24.4. The Labute approximate surface area is 134 Å². The number of carbonyl (C=O) groups is 1. The number of hydrogen-bond acceptors (Lipinski definition) is 3. The van der Waals surface area contributed by atoms with Crippen LogP contribution in [0.3, 0.4) is 0 Å². The van der Waals surface area contributed by atoms with E-state index in [1.807, 2.05) is 29.2 Å². The van der Waals surface area contributed by atoms with E-state index in [4.69, 9.17) is 11.6 Å². The molecule has 3 rings (SSSR count). The number of hydrogen-bond donors (Lipinski definition) is 0. The first-order valence-corrected chi connectivity index (χ1v) is 8.85. The van der Waals surface area contributed by atoms with Gasteiger partial charge in [-0.05, 0) is 43.5 Å². The fourth-order valence-electron chi connectivity index (χ4n) is 2.61. The quantitative estimate of drug-likeness (QED) is 0.821. The molecule has 0 radical (unpaired) electrons. The lowest BCUT2D eigenvalue weighted by Crippen LogP contribution is -2.44. The van der Waals surface area contributed by atoms with E-state index in [1.165, 1.54) is 6.42 Å². The van der Waals surface area contributed by atoms with Crippen molar-refractivity contribution in [2.24, 2.45) is 10.9 Å². The van der Waals surface area contributed by atoms with Crippen molar-refractivity contribution >= 4 is 40.1 Å². The number of benzene rings is 1. The second-order valence-corrected chi connectivity index (χ2v) is 7.00. The smallest absolute Gasteiger partial charge is 0.231 e. The maximum absolute atomic E-state index is 12.7. The third-order valence-electron chi connectivity index (χ3n) is 4.19. The molecule has 1 aromatic carbocycles. The lowest BCUT2D eigenvalue weighted by Gasteiger charge is -2.31. The van der Waals surface area contributed by atoms with Crippen molar-refractivity contribution in [3.63, 3.8) is 0 Å². The van der Waals surface area contributed by atoms with Crippen molar-refractivity contribution in [1.82, 2.24) is 4.90 Å². The van der Waals surface area contributed by atoms with Gasteiger partial charge < -0.3 is 0 Å². The van der Waals surface area contributed by atoms with Crippen LogP contribution in [-0.2, 0) is 4.79 Å². The molecule has 1 amide bonds. The van der Waals surface area contributed by atoms with Gasteiger partial charge in [0, 0.05) is 22.7 Å². The highest BCUT2D eigenvalue weighted by Crippen LogP contribution is 2.35. The van der Waals surface area contributed by atoms with Gasteiger partial charge in [0.1, 0.15) is 0 Å². The highest BCUT2D eigenvalue weighted by Gasteiger charge is 2.39. The number of nitrogens with zero attached hydrogens (tertiary/aromatic N) is 2. The van der Waals surface area contributed by atoms with Crippen molar-refractivity contribution in [3.8, 4) is 0 Å². The molecule has 1 aliphatic carbocycles. The monoisotopic (exact) mass is 322 g/mol. The van der Waals surface area contributed by atoms with Crippen molar-refractivity contribution in [1.29, 1.82) is 0 Å². The largest absolute Gasteiger partial charge is 0.287 e. The number of carbonyl (C=O) groups excluding carboxylic acids is 1. The van der Waals surface area contributed by atoms with Crippen LogP contribution in [0.1, 0.15) is 32.6 Å². The van der Waals surface area contributed by atoms with Crippen LogP contribution in [-0.4, -0.2) is 27.8 Å². The van der Waals surface area contributed by atoms with Crippen molar-refractivity contribution in [3.05, 3.63) is 29.3 Å². The van der Waals surface area contributed by atoms with Gasteiger partial charge in [-0.1, -0.05) is 36.7 Å². The van der Waals surface area contributed by atoms with Gasteiger partial charge in [0.05, 0.1) is 5.69 Å².